The van der Waals surface area contributed by atoms with Gasteiger partial charge in [-0.2, -0.15) is 0 Å². The third-order valence-corrected chi connectivity index (χ3v) is 2.52. The molecule has 3 nitrogen and oxygen atoms in total. The Bertz CT molecular complexity index is 372. The van der Waals surface area contributed by atoms with Crippen LogP contribution in [0.25, 0.3) is 0 Å². The largest absolute Gasteiger partial charge is 0.497 e. The maximum atomic E-state index is 11.9. The predicted molar refractivity (Wildman–Crippen MR) is 65.2 cm³/mol. The Morgan fingerprint density at radius 2 is 2.06 bits per heavy atom. The second-order valence-electron chi connectivity index (χ2n) is 4.16. The summed E-state index contributed by atoms with van der Waals surface area (Å²) in [6, 6.07) is 5.56. The average molecular weight is 221 g/mol. The molecule has 0 aliphatic carbocycles. The minimum Gasteiger partial charge on any atom is -0.497 e. The number of carbonyl (C=O) groups is 1. The second kappa shape index (κ2) is 5.66. The molecule has 0 spiro atoms. The molecule has 0 atom stereocenters. The van der Waals surface area contributed by atoms with Crippen LogP contribution in [-0.4, -0.2) is 38.4 Å². The summed E-state index contributed by atoms with van der Waals surface area (Å²) in [7, 11) is 5.56. The van der Waals surface area contributed by atoms with Crippen LogP contribution in [0, 0.1) is 6.92 Å². The highest BCUT2D eigenvalue weighted by molar-refractivity contribution is 5.97. The Balaban J connectivity index is 2.76. The van der Waals surface area contributed by atoms with E-state index in [0.29, 0.717) is 6.42 Å². The summed E-state index contributed by atoms with van der Waals surface area (Å²) in [5.41, 5.74) is 1.77. The van der Waals surface area contributed by atoms with Crippen LogP contribution in [0.15, 0.2) is 18.2 Å². The summed E-state index contributed by atoms with van der Waals surface area (Å²) in [5, 5.41) is 0. The maximum absolute atomic E-state index is 11.9. The Hall–Kier alpha value is -1.35. The number of ketones is 1. The molecule has 1 aromatic rings. The molecule has 3 heteroatoms. The van der Waals surface area contributed by atoms with Gasteiger partial charge in [0.05, 0.1) is 7.11 Å². The molecular weight excluding hydrogens is 202 g/mol. The van der Waals surface area contributed by atoms with Gasteiger partial charge in [0.2, 0.25) is 0 Å². The van der Waals surface area contributed by atoms with E-state index in [-0.39, 0.29) is 5.78 Å². The van der Waals surface area contributed by atoms with Crippen molar-refractivity contribution in [3.05, 3.63) is 29.3 Å². The van der Waals surface area contributed by atoms with E-state index in [1.54, 1.807) is 7.11 Å². The minimum atomic E-state index is 0.189. The Kier molecular flexibility index (Phi) is 4.50. The molecule has 0 saturated heterocycles. The molecule has 0 radical (unpaired) electrons. The molecule has 1 aromatic carbocycles. The summed E-state index contributed by atoms with van der Waals surface area (Å²) in [4.78, 5) is 13.9. The first-order valence-corrected chi connectivity index (χ1v) is 5.37. The van der Waals surface area contributed by atoms with E-state index in [1.807, 2.05) is 44.1 Å². The van der Waals surface area contributed by atoms with Gasteiger partial charge in [0.25, 0.3) is 0 Å². The highest BCUT2D eigenvalue weighted by Gasteiger charge is 2.09. The van der Waals surface area contributed by atoms with Crippen molar-refractivity contribution in [1.29, 1.82) is 0 Å². The summed E-state index contributed by atoms with van der Waals surface area (Å²) in [5.74, 6) is 0.982. The van der Waals surface area contributed by atoms with Crippen LogP contribution in [0.5, 0.6) is 5.75 Å². The molecule has 0 bridgehead atoms. The number of nitrogens with zero attached hydrogens (tertiary/aromatic N) is 1. The summed E-state index contributed by atoms with van der Waals surface area (Å²) in [6.07, 6.45) is 0.556. The molecule has 0 heterocycles. The number of benzene rings is 1. The lowest BCUT2D eigenvalue weighted by Crippen LogP contribution is -2.17. The van der Waals surface area contributed by atoms with Gasteiger partial charge >= 0.3 is 0 Å². The molecule has 16 heavy (non-hydrogen) atoms. The monoisotopic (exact) mass is 221 g/mol. The Labute approximate surface area is 97.0 Å². The van der Waals surface area contributed by atoms with E-state index < -0.39 is 0 Å². The zero-order valence-electron chi connectivity index (χ0n) is 10.4. The standard InChI is InChI=1S/C13H19NO2/c1-10-9-11(16-4)5-6-12(10)13(15)7-8-14(2)3/h5-6,9H,7-8H2,1-4H3. The van der Waals surface area contributed by atoms with E-state index in [9.17, 15) is 4.79 Å². The molecule has 1 rings (SSSR count). The molecule has 0 aliphatic heterocycles. The van der Waals surface area contributed by atoms with Crippen molar-refractivity contribution in [2.75, 3.05) is 27.7 Å². The van der Waals surface area contributed by atoms with Crippen LogP contribution in [0.2, 0.25) is 0 Å². The topological polar surface area (TPSA) is 29.5 Å². The van der Waals surface area contributed by atoms with Crippen LogP contribution in [0.1, 0.15) is 22.3 Å². The molecule has 0 aliphatic rings. The van der Waals surface area contributed by atoms with Gasteiger partial charge in [-0.15, -0.1) is 0 Å². The van der Waals surface area contributed by atoms with Crippen molar-refractivity contribution < 1.29 is 9.53 Å². The van der Waals surface area contributed by atoms with Gasteiger partial charge in [-0.25, -0.2) is 0 Å². The SMILES string of the molecule is COc1ccc(C(=O)CCN(C)C)c(C)c1. The van der Waals surface area contributed by atoms with E-state index in [0.717, 1.165) is 23.4 Å². The molecule has 88 valence electrons. The smallest absolute Gasteiger partial charge is 0.164 e. The Morgan fingerprint density at radius 3 is 2.56 bits per heavy atom. The number of methoxy groups -OCH3 is 1. The first-order valence-electron chi connectivity index (χ1n) is 5.37. The van der Waals surface area contributed by atoms with Gasteiger partial charge in [0.15, 0.2) is 5.78 Å². The van der Waals surface area contributed by atoms with Crippen molar-refractivity contribution in [2.24, 2.45) is 0 Å². The van der Waals surface area contributed by atoms with Crippen LogP contribution >= 0.6 is 0 Å². The molecular formula is C13H19NO2. The molecule has 0 saturated carbocycles. The number of rotatable bonds is 5. The number of hydrogen-bond acceptors (Lipinski definition) is 3. The summed E-state index contributed by atoms with van der Waals surface area (Å²) >= 11 is 0. The zero-order chi connectivity index (χ0) is 12.1. The Morgan fingerprint density at radius 1 is 1.38 bits per heavy atom. The number of carbonyl (C=O) groups excluding carboxylic acids is 1. The van der Waals surface area contributed by atoms with Crippen LogP contribution in [0.4, 0.5) is 0 Å². The highest BCUT2D eigenvalue weighted by Crippen LogP contribution is 2.18. The average Bonchev–Trinajstić information content (AvgIpc) is 2.25. The van der Waals surface area contributed by atoms with Crippen molar-refractivity contribution in [3.8, 4) is 5.75 Å². The fourth-order valence-corrected chi connectivity index (χ4v) is 1.54. The lowest BCUT2D eigenvalue weighted by atomic mass is 10.0. The quantitative estimate of drug-likeness (QED) is 0.713. The third-order valence-electron chi connectivity index (χ3n) is 2.52. The number of hydrogen-bond donors (Lipinski definition) is 0. The van der Waals surface area contributed by atoms with Gasteiger partial charge in [-0.3, -0.25) is 4.79 Å². The second-order valence-corrected chi connectivity index (χ2v) is 4.16. The highest BCUT2D eigenvalue weighted by atomic mass is 16.5. The van der Waals surface area contributed by atoms with Crippen molar-refractivity contribution >= 4 is 5.78 Å². The minimum absolute atomic E-state index is 0.189. The maximum Gasteiger partial charge on any atom is 0.164 e. The third kappa shape index (κ3) is 3.35. The fraction of sp³-hybridized carbons (Fsp3) is 0.462. The van der Waals surface area contributed by atoms with Gasteiger partial charge in [-0.05, 0) is 44.8 Å². The summed E-state index contributed by atoms with van der Waals surface area (Å²) < 4.78 is 5.11. The number of aryl methyl sites for hydroxylation is 1. The number of ether oxygens (including phenoxy) is 1. The normalized spacial score (nSPS) is 10.6. The van der Waals surface area contributed by atoms with Crippen LogP contribution < -0.4 is 4.74 Å². The van der Waals surface area contributed by atoms with Gasteiger partial charge in [0, 0.05) is 18.5 Å². The van der Waals surface area contributed by atoms with Gasteiger partial charge in [0.1, 0.15) is 5.75 Å². The molecule has 0 aromatic heterocycles. The van der Waals surface area contributed by atoms with E-state index in [2.05, 4.69) is 0 Å². The van der Waals surface area contributed by atoms with E-state index >= 15 is 0 Å². The van der Waals surface area contributed by atoms with Crippen molar-refractivity contribution in [3.63, 3.8) is 0 Å². The predicted octanol–water partition coefficient (Wildman–Crippen LogP) is 2.14. The molecule has 0 fully saturated rings. The van der Waals surface area contributed by atoms with Gasteiger partial charge in [-0.1, -0.05) is 0 Å². The van der Waals surface area contributed by atoms with E-state index in [4.69, 9.17) is 4.74 Å². The lowest BCUT2D eigenvalue weighted by Gasteiger charge is -2.10. The first-order chi connectivity index (χ1) is 7.54. The van der Waals surface area contributed by atoms with Crippen molar-refractivity contribution in [1.82, 2.24) is 4.90 Å². The molecule has 0 amide bonds. The molecule has 0 unspecified atom stereocenters. The first kappa shape index (κ1) is 12.7. The van der Waals surface area contributed by atoms with Crippen molar-refractivity contribution in [2.45, 2.75) is 13.3 Å². The van der Waals surface area contributed by atoms with Gasteiger partial charge < -0.3 is 9.64 Å². The summed E-state index contributed by atoms with van der Waals surface area (Å²) in [6.45, 7) is 2.72. The van der Waals surface area contributed by atoms with Crippen LogP contribution in [0.3, 0.4) is 0 Å². The fourth-order valence-electron chi connectivity index (χ4n) is 1.54. The van der Waals surface area contributed by atoms with E-state index in [1.165, 1.54) is 0 Å². The van der Waals surface area contributed by atoms with Crippen LogP contribution in [-0.2, 0) is 0 Å². The zero-order valence-corrected chi connectivity index (χ0v) is 10.4. The molecule has 0 N–H and O–H groups in total. The number of Topliss-reactive ketones (excluding diaryl/α,β-unsaturated/α-hetero) is 1. The lowest BCUT2D eigenvalue weighted by molar-refractivity contribution is 0.0972.